The zero-order chi connectivity index (χ0) is 16.5. The number of fused-ring (bicyclic) bond motifs is 1. The van der Waals surface area contributed by atoms with E-state index in [1.807, 2.05) is 25.1 Å². The third kappa shape index (κ3) is 3.16. The maximum atomic E-state index is 5.95. The van der Waals surface area contributed by atoms with Crippen LogP contribution in [0.5, 0.6) is 0 Å². The minimum atomic E-state index is 0.357. The van der Waals surface area contributed by atoms with Crippen molar-refractivity contribution in [3.8, 4) is 11.3 Å². The molecule has 0 unspecified atom stereocenters. The van der Waals surface area contributed by atoms with Gasteiger partial charge in [0.25, 0.3) is 0 Å². The number of nitrogens with two attached hydrogens (primary N) is 1. The van der Waals surface area contributed by atoms with Crippen molar-refractivity contribution in [1.29, 1.82) is 0 Å². The molecule has 2 aromatic heterocycles. The van der Waals surface area contributed by atoms with E-state index < -0.39 is 0 Å². The zero-order valence-corrected chi connectivity index (χ0v) is 13.9. The van der Waals surface area contributed by atoms with Crippen molar-refractivity contribution in [3.63, 3.8) is 0 Å². The van der Waals surface area contributed by atoms with Crippen molar-refractivity contribution in [2.75, 3.05) is 13.1 Å². The molecule has 3 aromatic rings. The number of H-pyrrole nitrogens is 1. The summed E-state index contributed by atoms with van der Waals surface area (Å²) in [5, 5.41) is 8.81. The van der Waals surface area contributed by atoms with Crippen LogP contribution in [0.3, 0.4) is 0 Å². The van der Waals surface area contributed by atoms with Crippen LogP contribution >= 0.6 is 0 Å². The lowest BCUT2D eigenvalue weighted by atomic mass is 10.1. The minimum Gasteiger partial charge on any atom is -0.342 e. The molecule has 0 aliphatic carbocycles. The highest BCUT2D eigenvalue weighted by atomic mass is 15.2. The first-order chi connectivity index (χ1) is 11.7. The van der Waals surface area contributed by atoms with Gasteiger partial charge in [-0.3, -0.25) is 4.90 Å². The van der Waals surface area contributed by atoms with Gasteiger partial charge in [-0.25, -0.2) is 4.98 Å². The average molecular weight is 322 g/mol. The van der Waals surface area contributed by atoms with Gasteiger partial charge in [0, 0.05) is 31.2 Å². The summed E-state index contributed by atoms with van der Waals surface area (Å²) in [7, 11) is 0. The highest BCUT2D eigenvalue weighted by molar-refractivity contribution is 5.81. The maximum absolute atomic E-state index is 5.95. The molecular weight excluding hydrogens is 300 g/mol. The Bertz CT molecular complexity index is 830. The van der Waals surface area contributed by atoms with Crippen LogP contribution in [-0.4, -0.2) is 44.2 Å². The number of benzene rings is 1. The number of aromatic amines is 1. The average Bonchev–Trinajstić information content (AvgIpc) is 2.97. The highest BCUT2D eigenvalue weighted by Gasteiger charge is 2.16. The molecule has 0 spiro atoms. The van der Waals surface area contributed by atoms with Crippen LogP contribution in [0.15, 0.2) is 30.3 Å². The molecule has 124 valence electrons. The van der Waals surface area contributed by atoms with Gasteiger partial charge in [0.15, 0.2) is 0 Å². The van der Waals surface area contributed by atoms with Crippen LogP contribution in [0.25, 0.3) is 22.3 Å². The van der Waals surface area contributed by atoms with Gasteiger partial charge in [0.1, 0.15) is 5.82 Å². The number of likely N-dealkylation sites (tertiary alicyclic amines) is 1. The van der Waals surface area contributed by atoms with Crippen molar-refractivity contribution in [3.05, 3.63) is 41.9 Å². The van der Waals surface area contributed by atoms with Gasteiger partial charge in [0.05, 0.1) is 22.4 Å². The number of nitrogens with zero attached hydrogens (tertiary/aromatic N) is 4. The summed E-state index contributed by atoms with van der Waals surface area (Å²) in [6, 6.07) is 10.6. The van der Waals surface area contributed by atoms with Crippen molar-refractivity contribution >= 4 is 11.0 Å². The standard InChI is InChI=1S/C18H22N6/c1-12-20-17-4-2-13(10-18(17)21-12)16-5-3-15(22-23-16)11-24-8-6-14(19)7-9-24/h2-5,10,14H,6-9,11,19H2,1H3,(H,20,21). The van der Waals surface area contributed by atoms with Gasteiger partial charge in [0.2, 0.25) is 0 Å². The molecule has 6 nitrogen and oxygen atoms in total. The summed E-state index contributed by atoms with van der Waals surface area (Å²) in [6.07, 6.45) is 2.13. The quantitative estimate of drug-likeness (QED) is 0.773. The molecule has 0 amide bonds. The number of aryl methyl sites for hydroxylation is 1. The van der Waals surface area contributed by atoms with Gasteiger partial charge in [-0.15, -0.1) is 0 Å². The van der Waals surface area contributed by atoms with E-state index in [2.05, 4.69) is 37.2 Å². The van der Waals surface area contributed by atoms with Crippen LogP contribution in [0.4, 0.5) is 0 Å². The third-order valence-electron chi connectivity index (χ3n) is 4.63. The summed E-state index contributed by atoms with van der Waals surface area (Å²) in [4.78, 5) is 10.1. The molecule has 1 aliphatic rings. The monoisotopic (exact) mass is 322 g/mol. The summed E-state index contributed by atoms with van der Waals surface area (Å²) in [5.74, 6) is 0.921. The lowest BCUT2D eigenvalue weighted by molar-refractivity contribution is 0.203. The molecule has 1 aliphatic heterocycles. The first kappa shape index (κ1) is 15.2. The topological polar surface area (TPSA) is 83.7 Å². The van der Waals surface area contributed by atoms with E-state index in [1.54, 1.807) is 0 Å². The van der Waals surface area contributed by atoms with Crippen molar-refractivity contribution in [2.24, 2.45) is 5.73 Å². The largest absolute Gasteiger partial charge is 0.342 e. The Hall–Kier alpha value is -2.31. The molecule has 1 saturated heterocycles. The Morgan fingerprint density at radius 3 is 2.75 bits per heavy atom. The molecule has 0 saturated carbocycles. The van der Waals surface area contributed by atoms with Crippen molar-refractivity contribution in [1.82, 2.24) is 25.1 Å². The Labute approximate surface area is 141 Å². The maximum Gasteiger partial charge on any atom is 0.104 e. The molecule has 0 atom stereocenters. The van der Waals surface area contributed by atoms with Crippen LogP contribution < -0.4 is 5.73 Å². The molecule has 24 heavy (non-hydrogen) atoms. The number of aromatic nitrogens is 4. The molecule has 3 N–H and O–H groups in total. The Morgan fingerprint density at radius 1 is 1.17 bits per heavy atom. The number of piperidine rings is 1. The van der Waals surface area contributed by atoms with Crippen LogP contribution in [0.2, 0.25) is 0 Å². The first-order valence-electron chi connectivity index (χ1n) is 8.45. The molecule has 3 heterocycles. The van der Waals surface area contributed by atoms with Crippen LogP contribution in [0, 0.1) is 6.92 Å². The second-order valence-corrected chi connectivity index (χ2v) is 6.58. The lowest BCUT2D eigenvalue weighted by Crippen LogP contribution is -2.39. The van der Waals surface area contributed by atoms with Gasteiger partial charge < -0.3 is 10.7 Å². The van der Waals surface area contributed by atoms with E-state index in [-0.39, 0.29) is 0 Å². The van der Waals surface area contributed by atoms with E-state index in [0.717, 1.165) is 66.3 Å². The second kappa shape index (κ2) is 6.30. The van der Waals surface area contributed by atoms with Crippen molar-refractivity contribution in [2.45, 2.75) is 32.4 Å². The van der Waals surface area contributed by atoms with Gasteiger partial charge in [-0.1, -0.05) is 6.07 Å². The molecule has 1 fully saturated rings. The number of rotatable bonds is 3. The molecular formula is C18H22N6. The van der Waals surface area contributed by atoms with Gasteiger partial charge in [-0.2, -0.15) is 10.2 Å². The van der Waals surface area contributed by atoms with Crippen LogP contribution in [-0.2, 0) is 6.54 Å². The van der Waals surface area contributed by atoms with Crippen LogP contribution in [0.1, 0.15) is 24.4 Å². The Kier molecular flexibility index (Phi) is 4.00. The fourth-order valence-corrected chi connectivity index (χ4v) is 3.23. The third-order valence-corrected chi connectivity index (χ3v) is 4.63. The van der Waals surface area contributed by atoms with Crippen molar-refractivity contribution < 1.29 is 0 Å². The SMILES string of the molecule is Cc1nc2ccc(-c3ccc(CN4CCC(N)CC4)nn3)cc2[nH]1. The Morgan fingerprint density at radius 2 is 2.00 bits per heavy atom. The summed E-state index contributed by atoms with van der Waals surface area (Å²) in [6.45, 7) is 4.89. The van der Waals surface area contributed by atoms with Gasteiger partial charge in [-0.05, 0) is 44.0 Å². The summed E-state index contributed by atoms with van der Waals surface area (Å²) >= 11 is 0. The predicted octanol–water partition coefficient (Wildman–Crippen LogP) is 2.25. The highest BCUT2D eigenvalue weighted by Crippen LogP contribution is 2.21. The van der Waals surface area contributed by atoms with E-state index in [0.29, 0.717) is 6.04 Å². The number of nitrogens with one attached hydrogen (secondary N) is 1. The minimum absolute atomic E-state index is 0.357. The zero-order valence-electron chi connectivity index (χ0n) is 13.9. The summed E-state index contributed by atoms with van der Waals surface area (Å²) in [5.41, 5.74) is 10.9. The molecule has 0 radical (unpaired) electrons. The Balaban J connectivity index is 1.50. The molecule has 0 bridgehead atoms. The fourth-order valence-electron chi connectivity index (χ4n) is 3.23. The predicted molar refractivity (Wildman–Crippen MR) is 94.3 cm³/mol. The number of hydrogen-bond acceptors (Lipinski definition) is 5. The van der Waals surface area contributed by atoms with Gasteiger partial charge >= 0.3 is 0 Å². The number of imidazole rings is 1. The van der Waals surface area contributed by atoms with E-state index in [1.165, 1.54) is 0 Å². The first-order valence-corrected chi connectivity index (χ1v) is 8.45. The molecule has 6 heteroatoms. The summed E-state index contributed by atoms with van der Waals surface area (Å²) < 4.78 is 0. The molecule has 1 aromatic carbocycles. The smallest absolute Gasteiger partial charge is 0.104 e. The molecule has 4 rings (SSSR count). The van der Waals surface area contributed by atoms with E-state index >= 15 is 0 Å². The normalized spacial score (nSPS) is 16.8. The van der Waals surface area contributed by atoms with E-state index in [4.69, 9.17) is 5.73 Å². The van der Waals surface area contributed by atoms with E-state index in [9.17, 15) is 0 Å². The lowest BCUT2D eigenvalue weighted by Gasteiger charge is -2.29. The second-order valence-electron chi connectivity index (χ2n) is 6.58. The fraction of sp³-hybridized carbons (Fsp3) is 0.389. The number of hydrogen-bond donors (Lipinski definition) is 2.